The van der Waals surface area contributed by atoms with Gasteiger partial charge in [0.1, 0.15) is 0 Å². The molecule has 0 amide bonds. The van der Waals surface area contributed by atoms with Crippen LogP contribution in [0.1, 0.15) is 33.1 Å². The van der Waals surface area contributed by atoms with E-state index in [1.54, 1.807) is 0 Å². The highest BCUT2D eigenvalue weighted by atomic mass is 79.9. The van der Waals surface area contributed by atoms with Crippen molar-refractivity contribution in [2.75, 3.05) is 19.6 Å². The van der Waals surface area contributed by atoms with Crippen molar-refractivity contribution in [1.82, 2.24) is 0 Å². The number of hydrogen-bond donors (Lipinski definition) is 1. The molecule has 0 radical (unpaired) electrons. The third-order valence-electron chi connectivity index (χ3n) is 2.64. The highest BCUT2D eigenvalue weighted by Gasteiger charge is 2.16. The minimum Gasteiger partial charge on any atom is -1.00 e. The van der Waals surface area contributed by atoms with Gasteiger partial charge in [0.2, 0.25) is 0 Å². The Bertz CT molecular complexity index is 89.6. The molecule has 11 heavy (non-hydrogen) atoms. The fourth-order valence-electron chi connectivity index (χ4n) is 1.72. The molecule has 0 aromatic carbocycles. The van der Waals surface area contributed by atoms with Gasteiger partial charge in [0.25, 0.3) is 0 Å². The highest BCUT2D eigenvalue weighted by Crippen LogP contribution is 1.97. The van der Waals surface area contributed by atoms with Gasteiger partial charge >= 0.3 is 0 Å². The average Bonchev–Trinajstić information content (AvgIpc) is 2.40. The van der Waals surface area contributed by atoms with Gasteiger partial charge in [0.15, 0.2) is 0 Å². The van der Waals surface area contributed by atoms with Crippen molar-refractivity contribution >= 4 is 0 Å². The third kappa shape index (κ3) is 4.12. The van der Waals surface area contributed by atoms with Gasteiger partial charge in [-0.1, -0.05) is 13.8 Å². The summed E-state index contributed by atoms with van der Waals surface area (Å²) in [5.74, 6) is 0.938. The van der Waals surface area contributed by atoms with Crippen molar-refractivity contribution < 1.29 is 21.9 Å². The fourth-order valence-corrected chi connectivity index (χ4v) is 1.72. The summed E-state index contributed by atoms with van der Waals surface area (Å²) in [6.45, 7) is 8.94. The van der Waals surface area contributed by atoms with E-state index in [2.05, 4.69) is 13.8 Å². The molecule has 1 N–H and O–H groups in total. The topological polar surface area (TPSA) is 4.44 Å². The Morgan fingerprint density at radius 1 is 1.27 bits per heavy atom. The van der Waals surface area contributed by atoms with Crippen molar-refractivity contribution in [1.29, 1.82) is 0 Å². The number of quaternary nitrogens is 1. The molecule has 68 valence electrons. The number of halogens is 1. The van der Waals surface area contributed by atoms with Crippen molar-refractivity contribution in [3.05, 3.63) is 0 Å². The van der Waals surface area contributed by atoms with Crippen LogP contribution in [0.5, 0.6) is 0 Å². The molecule has 1 fully saturated rings. The zero-order valence-electron chi connectivity index (χ0n) is 7.70. The van der Waals surface area contributed by atoms with Crippen LogP contribution in [0.15, 0.2) is 0 Å². The summed E-state index contributed by atoms with van der Waals surface area (Å²) < 4.78 is 0. The number of rotatable bonds is 3. The predicted octanol–water partition coefficient (Wildman–Crippen LogP) is -2.28. The molecule has 1 aliphatic heterocycles. The molecule has 2 heteroatoms. The molecule has 1 saturated heterocycles. The van der Waals surface area contributed by atoms with Gasteiger partial charge in [0.05, 0.1) is 19.6 Å². The summed E-state index contributed by atoms with van der Waals surface area (Å²) in [5, 5.41) is 0. The van der Waals surface area contributed by atoms with E-state index in [9.17, 15) is 0 Å². The monoisotopic (exact) mass is 221 g/mol. The van der Waals surface area contributed by atoms with Crippen LogP contribution in [-0.2, 0) is 0 Å². The van der Waals surface area contributed by atoms with Crippen LogP contribution in [0.4, 0.5) is 0 Å². The lowest BCUT2D eigenvalue weighted by Gasteiger charge is -2.15. The Morgan fingerprint density at radius 3 is 2.27 bits per heavy atom. The zero-order valence-corrected chi connectivity index (χ0v) is 9.28. The van der Waals surface area contributed by atoms with Gasteiger partial charge < -0.3 is 21.9 Å². The summed E-state index contributed by atoms with van der Waals surface area (Å²) in [4.78, 5) is 1.84. The molecule has 0 bridgehead atoms. The summed E-state index contributed by atoms with van der Waals surface area (Å²) in [5.41, 5.74) is 0. The first-order valence-electron chi connectivity index (χ1n) is 4.66. The Kier molecular flexibility index (Phi) is 6.25. The molecule has 1 rings (SSSR count). The molecule has 1 heterocycles. The van der Waals surface area contributed by atoms with Crippen molar-refractivity contribution in [3.63, 3.8) is 0 Å². The van der Waals surface area contributed by atoms with E-state index in [-0.39, 0.29) is 17.0 Å². The minimum atomic E-state index is 0. The van der Waals surface area contributed by atoms with Gasteiger partial charge in [-0.2, -0.15) is 0 Å². The fraction of sp³-hybridized carbons (Fsp3) is 1.00. The van der Waals surface area contributed by atoms with Gasteiger partial charge in [-0.15, -0.1) is 0 Å². The van der Waals surface area contributed by atoms with Crippen molar-refractivity contribution in [3.8, 4) is 0 Å². The predicted molar refractivity (Wildman–Crippen MR) is 44.3 cm³/mol. The molecule has 0 spiro atoms. The minimum absolute atomic E-state index is 0. The van der Waals surface area contributed by atoms with Crippen LogP contribution >= 0.6 is 0 Å². The molecule has 1 aliphatic rings. The van der Waals surface area contributed by atoms with E-state index in [0.717, 1.165) is 5.92 Å². The van der Waals surface area contributed by atoms with Crippen LogP contribution in [0, 0.1) is 5.92 Å². The first-order valence-corrected chi connectivity index (χ1v) is 4.66. The second kappa shape index (κ2) is 6.01. The molecular formula is C9H20BrN. The summed E-state index contributed by atoms with van der Waals surface area (Å²) in [6, 6.07) is 0. The first kappa shape index (κ1) is 11.4. The normalized spacial score (nSPS) is 21.3. The zero-order chi connectivity index (χ0) is 7.40. The average molecular weight is 222 g/mol. The van der Waals surface area contributed by atoms with Crippen LogP contribution in [-0.4, -0.2) is 19.6 Å². The number of nitrogens with one attached hydrogen (secondary N) is 1. The number of hydrogen-bond acceptors (Lipinski definition) is 0. The van der Waals surface area contributed by atoms with E-state index >= 15 is 0 Å². The standard InChI is InChI=1S/C9H19N.BrH/c1-3-9(2)8-10-6-4-5-7-10;/h9H,3-8H2,1-2H3;1H/t9-;/m0./s1. The van der Waals surface area contributed by atoms with E-state index in [0.29, 0.717) is 0 Å². The van der Waals surface area contributed by atoms with Crippen LogP contribution < -0.4 is 21.9 Å². The largest absolute Gasteiger partial charge is 1.00 e. The molecule has 0 aromatic rings. The van der Waals surface area contributed by atoms with E-state index in [1.165, 1.54) is 38.9 Å². The van der Waals surface area contributed by atoms with Gasteiger partial charge in [0, 0.05) is 18.8 Å². The smallest absolute Gasteiger partial charge is 0.0796 e. The van der Waals surface area contributed by atoms with E-state index < -0.39 is 0 Å². The molecule has 1 atom stereocenters. The SMILES string of the molecule is CC[C@H](C)C[NH+]1CCCC1.[Br-]. The Hall–Kier alpha value is 0.440. The molecule has 0 saturated carbocycles. The Labute approximate surface area is 80.9 Å². The van der Waals surface area contributed by atoms with E-state index in [1.807, 2.05) is 4.90 Å². The highest BCUT2D eigenvalue weighted by molar-refractivity contribution is 4.49. The van der Waals surface area contributed by atoms with Crippen LogP contribution in [0.3, 0.4) is 0 Å². The van der Waals surface area contributed by atoms with Gasteiger partial charge in [-0.3, -0.25) is 0 Å². The molecule has 0 aliphatic carbocycles. The summed E-state index contributed by atoms with van der Waals surface area (Å²) in [6.07, 6.45) is 4.28. The molecule has 1 nitrogen and oxygen atoms in total. The van der Waals surface area contributed by atoms with E-state index in [4.69, 9.17) is 0 Å². The second-order valence-corrected chi connectivity index (χ2v) is 3.67. The Morgan fingerprint density at radius 2 is 1.82 bits per heavy atom. The summed E-state index contributed by atoms with van der Waals surface area (Å²) >= 11 is 0. The lowest BCUT2D eigenvalue weighted by molar-refractivity contribution is -0.890. The third-order valence-corrected chi connectivity index (χ3v) is 2.64. The van der Waals surface area contributed by atoms with Crippen molar-refractivity contribution in [2.45, 2.75) is 33.1 Å². The maximum Gasteiger partial charge on any atom is 0.0796 e. The second-order valence-electron chi connectivity index (χ2n) is 3.67. The first-order chi connectivity index (χ1) is 4.83. The van der Waals surface area contributed by atoms with Crippen LogP contribution in [0.25, 0.3) is 0 Å². The molecular weight excluding hydrogens is 202 g/mol. The maximum absolute atomic E-state index is 2.37. The lowest BCUT2D eigenvalue weighted by atomic mass is 10.1. The molecule has 0 unspecified atom stereocenters. The maximum atomic E-state index is 2.37. The van der Waals surface area contributed by atoms with Crippen LogP contribution in [0.2, 0.25) is 0 Å². The Balaban J connectivity index is 0.000001000. The van der Waals surface area contributed by atoms with Gasteiger partial charge in [-0.05, 0) is 6.42 Å². The molecule has 0 aromatic heterocycles. The number of likely N-dealkylation sites (tertiary alicyclic amines) is 1. The summed E-state index contributed by atoms with van der Waals surface area (Å²) in [7, 11) is 0. The quantitative estimate of drug-likeness (QED) is 0.548. The van der Waals surface area contributed by atoms with Gasteiger partial charge in [-0.25, -0.2) is 0 Å². The lowest BCUT2D eigenvalue weighted by Crippen LogP contribution is -3.10. The van der Waals surface area contributed by atoms with Crippen molar-refractivity contribution in [2.24, 2.45) is 5.92 Å².